The summed E-state index contributed by atoms with van der Waals surface area (Å²) in [5, 5.41) is 0. The van der Waals surface area contributed by atoms with Crippen molar-refractivity contribution >= 4 is 0 Å². The fraction of sp³-hybridized carbons (Fsp3) is 0.200. The van der Waals surface area contributed by atoms with Gasteiger partial charge in [0.25, 0.3) is 0 Å². The molecular formula is C10H13NO. The van der Waals surface area contributed by atoms with Crippen LogP contribution in [0.2, 0.25) is 0 Å². The number of hydrogen-bond donors (Lipinski definition) is 1. The smallest absolute Gasteiger partial charge is 0.147 e. The van der Waals surface area contributed by atoms with Crippen molar-refractivity contribution < 1.29 is 4.84 Å². The minimum Gasteiger partial charge on any atom is -0.408 e. The van der Waals surface area contributed by atoms with E-state index in [1.54, 1.807) is 0 Å². The van der Waals surface area contributed by atoms with Gasteiger partial charge in [0.2, 0.25) is 0 Å². The topological polar surface area (TPSA) is 21.3 Å². The Morgan fingerprint density at radius 2 is 2.08 bits per heavy atom. The summed E-state index contributed by atoms with van der Waals surface area (Å²) >= 11 is 0. The molecule has 2 heteroatoms. The van der Waals surface area contributed by atoms with Gasteiger partial charge in [-0.25, -0.2) is 0 Å². The van der Waals surface area contributed by atoms with E-state index in [1.165, 1.54) is 0 Å². The number of nitrogens with one attached hydrogen (secondary N) is 1. The molecule has 0 spiro atoms. The van der Waals surface area contributed by atoms with Crippen LogP contribution in [0.15, 0.2) is 42.5 Å². The van der Waals surface area contributed by atoms with Gasteiger partial charge in [0.1, 0.15) is 5.75 Å². The van der Waals surface area contributed by atoms with Gasteiger partial charge in [0.15, 0.2) is 0 Å². The van der Waals surface area contributed by atoms with Gasteiger partial charge in [-0.05, 0) is 19.1 Å². The highest BCUT2D eigenvalue weighted by atomic mass is 16.6. The summed E-state index contributed by atoms with van der Waals surface area (Å²) in [6.45, 7) is 2.70. The Labute approximate surface area is 72.8 Å². The maximum absolute atomic E-state index is 5.21. The molecule has 0 fully saturated rings. The standard InChI is InChI=1S/C10H13NO/c1-2-3-9-11-12-10-7-5-4-6-8-10/h2-8,11H,9H2,1H3/b3-2-. The van der Waals surface area contributed by atoms with Crippen molar-refractivity contribution in [3.63, 3.8) is 0 Å². The Balaban J connectivity index is 2.24. The third-order valence-electron chi connectivity index (χ3n) is 1.37. The molecule has 0 saturated heterocycles. The average molecular weight is 163 g/mol. The highest BCUT2D eigenvalue weighted by molar-refractivity contribution is 5.20. The van der Waals surface area contributed by atoms with Crippen molar-refractivity contribution in [2.45, 2.75) is 6.92 Å². The first kappa shape index (κ1) is 8.81. The van der Waals surface area contributed by atoms with Crippen molar-refractivity contribution in [3.05, 3.63) is 42.5 Å². The maximum Gasteiger partial charge on any atom is 0.147 e. The van der Waals surface area contributed by atoms with Crippen molar-refractivity contribution in [2.75, 3.05) is 6.54 Å². The third-order valence-corrected chi connectivity index (χ3v) is 1.37. The first-order valence-corrected chi connectivity index (χ1v) is 3.99. The summed E-state index contributed by atoms with van der Waals surface area (Å²) < 4.78 is 0. The predicted octanol–water partition coefficient (Wildman–Crippen LogP) is 2.15. The first-order valence-electron chi connectivity index (χ1n) is 3.99. The minimum absolute atomic E-state index is 0.728. The van der Waals surface area contributed by atoms with Crippen LogP contribution >= 0.6 is 0 Å². The lowest BCUT2D eigenvalue weighted by molar-refractivity contribution is 0.209. The molecule has 0 amide bonds. The van der Waals surface area contributed by atoms with E-state index >= 15 is 0 Å². The molecule has 0 aliphatic carbocycles. The quantitative estimate of drug-likeness (QED) is 0.417. The van der Waals surface area contributed by atoms with Crippen molar-refractivity contribution in [3.8, 4) is 5.75 Å². The van der Waals surface area contributed by atoms with Gasteiger partial charge in [-0.15, -0.1) is 0 Å². The Morgan fingerprint density at radius 1 is 1.33 bits per heavy atom. The summed E-state index contributed by atoms with van der Waals surface area (Å²) in [7, 11) is 0. The summed E-state index contributed by atoms with van der Waals surface area (Å²) in [6, 6.07) is 9.64. The highest BCUT2D eigenvalue weighted by Crippen LogP contribution is 2.05. The fourth-order valence-corrected chi connectivity index (χ4v) is 0.780. The minimum atomic E-state index is 0.728. The van der Waals surface area contributed by atoms with Gasteiger partial charge >= 0.3 is 0 Å². The molecule has 0 aliphatic heterocycles. The maximum atomic E-state index is 5.21. The summed E-state index contributed by atoms with van der Waals surface area (Å²) in [6.07, 6.45) is 3.96. The molecule has 0 unspecified atom stereocenters. The largest absolute Gasteiger partial charge is 0.408 e. The Morgan fingerprint density at radius 3 is 2.75 bits per heavy atom. The van der Waals surface area contributed by atoms with E-state index in [-0.39, 0.29) is 0 Å². The van der Waals surface area contributed by atoms with Crippen LogP contribution in [-0.4, -0.2) is 6.54 Å². The van der Waals surface area contributed by atoms with E-state index < -0.39 is 0 Å². The normalized spacial score (nSPS) is 10.4. The Hall–Kier alpha value is -1.28. The Kier molecular flexibility index (Phi) is 3.95. The number of para-hydroxylation sites is 1. The predicted molar refractivity (Wildman–Crippen MR) is 49.9 cm³/mol. The molecule has 0 heterocycles. The molecular weight excluding hydrogens is 150 g/mol. The van der Waals surface area contributed by atoms with Gasteiger partial charge in [-0.3, -0.25) is 0 Å². The molecule has 64 valence electrons. The van der Waals surface area contributed by atoms with Crippen LogP contribution in [0.3, 0.4) is 0 Å². The molecule has 0 aromatic heterocycles. The Bertz CT molecular complexity index is 231. The lowest BCUT2D eigenvalue weighted by Crippen LogP contribution is -2.17. The molecule has 1 rings (SSSR count). The van der Waals surface area contributed by atoms with Gasteiger partial charge in [-0.1, -0.05) is 30.4 Å². The number of hydrogen-bond acceptors (Lipinski definition) is 2. The van der Waals surface area contributed by atoms with Crippen LogP contribution in [0.25, 0.3) is 0 Å². The average Bonchev–Trinajstić information content (AvgIpc) is 2.14. The monoisotopic (exact) mass is 163 g/mol. The SMILES string of the molecule is C/C=C\CNOc1ccccc1. The molecule has 0 aliphatic rings. The lowest BCUT2D eigenvalue weighted by atomic mass is 10.3. The van der Waals surface area contributed by atoms with Crippen LogP contribution in [0.1, 0.15) is 6.92 Å². The molecule has 0 bridgehead atoms. The second-order valence-corrected chi connectivity index (χ2v) is 2.33. The van der Waals surface area contributed by atoms with Gasteiger partial charge in [-0.2, -0.15) is 5.48 Å². The lowest BCUT2D eigenvalue weighted by Gasteiger charge is -2.03. The van der Waals surface area contributed by atoms with Crippen LogP contribution in [-0.2, 0) is 0 Å². The van der Waals surface area contributed by atoms with E-state index in [0.29, 0.717) is 0 Å². The molecule has 12 heavy (non-hydrogen) atoms. The van der Waals surface area contributed by atoms with Crippen LogP contribution < -0.4 is 10.3 Å². The third kappa shape index (κ3) is 3.21. The molecule has 1 N–H and O–H groups in total. The molecule has 1 aromatic rings. The zero-order valence-corrected chi connectivity index (χ0v) is 7.16. The molecule has 2 nitrogen and oxygen atoms in total. The van der Waals surface area contributed by atoms with E-state index in [9.17, 15) is 0 Å². The summed E-state index contributed by atoms with van der Waals surface area (Å²) in [4.78, 5) is 5.21. The second kappa shape index (κ2) is 5.38. The van der Waals surface area contributed by atoms with Crippen LogP contribution in [0, 0.1) is 0 Å². The van der Waals surface area contributed by atoms with E-state index in [2.05, 4.69) is 5.48 Å². The van der Waals surface area contributed by atoms with Crippen molar-refractivity contribution in [1.82, 2.24) is 5.48 Å². The first-order chi connectivity index (χ1) is 5.93. The second-order valence-electron chi connectivity index (χ2n) is 2.33. The zero-order valence-electron chi connectivity index (χ0n) is 7.16. The summed E-state index contributed by atoms with van der Waals surface area (Å²) in [5.74, 6) is 0.835. The van der Waals surface area contributed by atoms with Crippen molar-refractivity contribution in [1.29, 1.82) is 0 Å². The van der Waals surface area contributed by atoms with Gasteiger partial charge in [0, 0.05) is 6.54 Å². The molecule has 0 atom stereocenters. The number of rotatable bonds is 4. The summed E-state index contributed by atoms with van der Waals surface area (Å²) in [5.41, 5.74) is 2.82. The highest BCUT2D eigenvalue weighted by Gasteiger charge is 1.87. The zero-order chi connectivity index (χ0) is 8.65. The number of benzene rings is 1. The van der Waals surface area contributed by atoms with Crippen LogP contribution in [0.4, 0.5) is 0 Å². The van der Waals surface area contributed by atoms with Crippen molar-refractivity contribution in [2.24, 2.45) is 0 Å². The van der Waals surface area contributed by atoms with E-state index in [4.69, 9.17) is 4.84 Å². The molecule has 0 radical (unpaired) electrons. The molecule has 1 aromatic carbocycles. The van der Waals surface area contributed by atoms with Gasteiger partial charge in [0.05, 0.1) is 0 Å². The van der Waals surface area contributed by atoms with E-state index in [1.807, 2.05) is 49.4 Å². The van der Waals surface area contributed by atoms with Gasteiger partial charge < -0.3 is 4.84 Å². The number of hydroxylamine groups is 1. The van der Waals surface area contributed by atoms with E-state index in [0.717, 1.165) is 12.3 Å². The number of allylic oxidation sites excluding steroid dienone is 1. The fourth-order valence-electron chi connectivity index (χ4n) is 0.780. The molecule has 0 saturated carbocycles. The van der Waals surface area contributed by atoms with Crippen LogP contribution in [0.5, 0.6) is 5.75 Å².